The van der Waals surface area contributed by atoms with Crippen molar-refractivity contribution < 1.29 is 23.9 Å². The average Bonchev–Trinajstić information content (AvgIpc) is 3.15. The summed E-state index contributed by atoms with van der Waals surface area (Å²) in [4.78, 5) is 38.7. The quantitative estimate of drug-likeness (QED) is 0.0491. The van der Waals surface area contributed by atoms with Gasteiger partial charge in [0.15, 0.2) is 0 Å². The first-order chi connectivity index (χ1) is 26.4. The predicted molar refractivity (Wildman–Crippen MR) is 230 cm³/mol. The molecule has 0 aliphatic carbocycles. The Balaban J connectivity index is 4.23. The van der Waals surface area contributed by atoms with Gasteiger partial charge in [-0.25, -0.2) is 0 Å². The standard InChI is InChI=1S/C47H92N2O5/c1-5-8-11-14-17-26-33-43-53-46(51)37-29-22-18-24-31-40-49(42-34-39-48-44(4)50)41-32-25-19-23-30-38-47(52)54-45(35-27-20-15-12-9-6-2)36-28-21-16-13-10-7-3/h45H,5-43H2,1-4H3,(H,48,50). The molecule has 0 saturated heterocycles. The van der Waals surface area contributed by atoms with Crippen LogP contribution in [0.4, 0.5) is 0 Å². The van der Waals surface area contributed by atoms with E-state index in [1.807, 2.05) is 0 Å². The summed E-state index contributed by atoms with van der Waals surface area (Å²) in [6.45, 7) is 12.8. The minimum absolute atomic E-state index is 0.0149. The van der Waals surface area contributed by atoms with Gasteiger partial charge < -0.3 is 19.7 Å². The number of carbonyl (C=O) groups excluding carboxylic acids is 3. The van der Waals surface area contributed by atoms with E-state index in [4.69, 9.17) is 9.47 Å². The van der Waals surface area contributed by atoms with Crippen molar-refractivity contribution in [3.63, 3.8) is 0 Å². The molecule has 54 heavy (non-hydrogen) atoms. The van der Waals surface area contributed by atoms with Crippen molar-refractivity contribution in [1.29, 1.82) is 0 Å². The molecule has 0 atom stereocenters. The second kappa shape index (κ2) is 42.5. The summed E-state index contributed by atoms with van der Waals surface area (Å²) in [7, 11) is 0. The molecule has 320 valence electrons. The fourth-order valence-corrected chi connectivity index (χ4v) is 7.30. The largest absolute Gasteiger partial charge is 0.466 e. The van der Waals surface area contributed by atoms with Crippen molar-refractivity contribution in [2.24, 2.45) is 0 Å². The van der Waals surface area contributed by atoms with E-state index in [9.17, 15) is 14.4 Å². The molecule has 7 nitrogen and oxygen atoms in total. The molecule has 0 aliphatic heterocycles. The number of nitrogens with zero attached hydrogens (tertiary/aromatic N) is 1. The maximum absolute atomic E-state index is 12.8. The number of unbranched alkanes of at least 4 members (excludes halogenated alkanes) is 24. The lowest BCUT2D eigenvalue weighted by molar-refractivity contribution is -0.150. The molecule has 0 rings (SSSR count). The molecule has 0 aromatic rings. The van der Waals surface area contributed by atoms with Crippen molar-refractivity contribution in [3.8, 4) is 0 Å². The van der Waals surface area contributed by atoms with E-state index >= 15 is 0 Å². The Bertz CT molecular complexity index is 806. The zero-order valence-electron chi connectivity index (χ0n) is 36.6. The number of hydrogen-bond acceptors (Lipinski definition) is 6. The Kier molecular flexibility index (Phi) is 41.2. The van der Waals surface area contributed by atoms with E-state index in [0.29, 0.717) is 19.4 Å². The van der Waals surface area contributed by atoms with Crippen molar-refractivity contribution in [2.75, 3.05) is 32.8 Å². The van der Waals surface area contributed by atoms with Gasteiger partial charge in [0.05, 0.1) is 6.61 Å². The van der Waals surface area contributed by atoms with Crippen LogP contribution in [0.1, 0.15) is 246 Å². The summed E-state index contributed by atoms with van der Waals surface area (Å²) < 4.78 is 11.5. The van der Waals surface area contributed by atoms with E-state index in [1.54, 1.807) is 6.92 Å². The van der Waals surface area contributed by atoms with Gasteiger partial charge in [0, 0.05) is 26.3 Å². The molecule has 0 fully saturated rings. The van der Waals surface area contributed by atoms with Gasteiger partial charge in [0.1, 0.15) is 6.10 Å². The topological polar surface area (TPSA) is 84.9 Å². The Morgan fingerprint density at radius 1 is 0.463 bits per heavy atom. The number of nitrogens with one attached hydrogen (secondary N) is 1. The minimum atomic E-state index is -0.0301. The van der Waals surface area contributed by atoms with Gasteiger partial charge in [-0.15, -0.1) is 0 Å². The van der Waals surface area contributed by atoms with Crippen LogP contribution in [0.3, 0.4) is 0 Å². The van der Waals surface area contributed by atoms with Crippen molar-refractivity contribution in [1.82, 2.24) is 10.2 Å². The first-order valence-electron chi connectivity index (χ1n) is 23.7. The molecule has 1 N–H and O–H groups in total. The SMILES string of the molecule is CCCCCCCCCOC(=O)CCCCCCCN(CCCCCCCC(=O)OC(CCCCCCCC)CCCCCCCC)CCCNC(C)=O. The van der Waals surface area contributed by atoms with Crippen molar-refractivity contribution >= 4 is 17.8 Å². The molecule has 0 radical (unpaired) electrons. The molecule has 0 aliphatic rings. The first-order valence-corrected chi connectivity index (χ1v) is 23.7. The van der Waals surface area contributed by atoms with Crippen LogP contribution in [0.5, 0.6) is 0 Å². The molecule has 0 aromatic heterocycles. The predicted octanol–water partition coefficient (Wildman–Crippen LogP) is 13.2. The molecule has 0 bridgehead atoms. The fourth-order valence-electron chi connectivity index (χ4n) is 7.30. The van der Waals surface area contributed by atoms with Gasteiger partial charge in [-0.3, -0.25) is 14.4 Å². The second-order valence-corrected chi connectivity index (χ2v) is 16.3. The number of rotatable bonds is 43. The Hall–Kier alpha value is -1.63. The zero-order chi connectivity index (χ0) is 39.6. The molecule has 0 unspecified atom stereocenters. The number of carbonyl (C=O) groups is 3. The van der Waals surface area contributed by atoms with Crippen molar-refractivity contribution in [3.05, 3.63) is 0 Å². The van der Waals surface area contributed by atoms with Crippen LogP contribution in [0.15, 0.2) is 0 Å². The highest BCUT2D eigenvalue weighted by Gasteiger charge is 2.14. The van der Waals surface area contributed by atoms with Crippen molar-refractivity contribution in [2.45, 2.75) is 252 Å². The van der Waals surface area contributed by atoms with E-state index in [2.05, 4.69) is 31.0 Å². The summed E-state index contributed by atoms with van der Waals surface area (Å²) in [5.41, 5.74) is 0. The van der Waals surface area contributed by atoms with Gasteiger partial charge in [-0.2, -0.15) is 0 Å². The maximum atomic E-state index is 12.8. The smallest absolute Gasteiger partial charge is 0.306 e. The summed E-state index contributed by atoms with van der Waals surface area (Å²) >= 11 is 0. The Morgan fingerprint density at radius 3 is 1.33 bits per heavy atom. The summed E-state index contributed by atoms with van der Waals surface area (Å²) in [6.07, 6.45) is 39.3. The van der Waals surface area contributed by atoms with Gasteiger partial charge in [-0.1, -0.05) is 162 Å². The molecule has 7 heteroatoms. The molecule has 1 amide bonds. The molecule has 0 heterocycles. The average molecular weight is 765 g/mol. The maximum Gasteiger partial charge on any atom is 0.306 e. The second-order valence-electron chi connectivity index (χ2n) is 16.3. The van der Waals surface area contributed by atoms with Crippen LogP contribution in [0.2, 0.25) is 0 Å². The monoisotopic (exact) mass is 765 g/mol. The highest BCUT2D eigenvalue weighted by Crippen LogP contribution is 2.18. The zero-order valence-corrected chi connectivity index (χ0v) is 36.6. The van der Waals surface area contributed by atoms with E-state index in [-0.39, 0.29) is 23.9 Å². The van der Waals surface area contributed by atoms with Crippen LogP contribution in [-0.2, 0) is 23.9 Å². The van der Waals surface area contributed by atoms with Crippen LogP contribution in [-0.4, -0.2) is 61.6 Å². The summed E-state index contributed by atoms with van der Waals surface area (Å²) in [5.74, 6) is 0.0248. The van der Waals surface area contributed by atoms with Gasteiger partial charge in [0.25, 0.3) is 0 Å². The minimum Gasteiger partial charge on any atom is -0.466 e. The van der Waals surface area contributed by atoms with Crippen LogP contribution < -0.4 is 5.32 Å². The van der Waals surface area contributed by atoms with Crippen LogP contribution >= 0.6 is 0 Å². The van der Waals surface area contributed by atoms with E-state index in [0.717, 1.165) is 90.4 Å². The number of hydrogen-bond donors (Lipinski definition) is 1. The Labute approximate surface area is 336 Å². The first kappa shape index (κ1) is 52.4. The third kappa shape index (κ3) is 40.0. The lowest BCUT2D eigenvalue weighted by atomic mass is 10.0. The fraction of sp³-hybridized carbons (Fsp3) is 0.936. The normalized spacial score (nSPS) is 11.4. The number of esters is 2. The van der Waals surface area contributed by atoms with E-state index in [1.165, 1.54) is 141 Å². The van der Waals surface area contributed by atoms with Crippen LogP contribution in [0, 0.1) is 0 Å². The lowest BCUT2D eigenvalue weighted by Gasteiger charge is -2.22. The highest BCUT2D eigenvalue weighted by atomic mass is 16.5. The summed E-state index contributed by atoms with van der Waals surface area (Å²) in [5, 5.41) is 2.94. The van der Waals surface area contributed by atoms with Gasteiger partial charge >= 0.3 is 11.9 Å². The molecular formula is C47H92N2O5. The third-order valence-electron chi connectivity index (χ3n) is 10.8. The summed E-state index contributed by atoms with van der Waals surface area (Å²) in [6, 6.07) is 0. The molecule has 0 spiro atoms. The highest BCUT2D eigenvalue weighted by molar-refractivity contribution is 5.72. The van der Waals surface area contributed by atoms with Gasteiger partial charge in [0.2, 0.25) is 5.91 Å². The molecular weight excluding hydrogens is 673 g/mol. The Morgan fingerprint density at radius 2 is 0.852 bits per heavy atom. The third-order valence-corrected chi connectivity index (χ3v) is 10.8. The van der Waals surface area contributed by atoms with E-state index < -0.39 is 0 Å². The number of amides is 1. The van der Waals surface area contributed by atoms with Crippen LogP contribution in [0.25, 0.3) is 0 Å². The lowest BCUT2D eigenvalue weighted by Crippen LogP contribution is -2.30. The molecule has 0 saturated carbocycles. The van der Waals surface area contributed by atoms with Gasteiger partial charge in [-0.05, 0) is 83.8 Å². The number of ether oxygens (including phenoxy) is 2. The molecule has 0 aromatic carbocycles.